The van der Waals surface area contributed by atoms with Crippen LogP contribution in [-0.2, 0) is 4.74 Å². The van der Waals surface area contributed by atoms with Crippen molar-refractivity contribution in [2.75, 3.05) is 66.1 Å². The number of hydrogen-bond acceptors (Lipinski definition) is 4. The van der Waals surface area contributed by atoms with E-state index in [1.165, 1.54) is 58.5 Å². The summed E-state index contributed by atoms with van der Waals surface area (Å²) in [6, 6.07) is 0. The van der Waals surface area contributed by atoms with Crippen molar-refractivity contribution in [1.29, 1.82) is 0 Å². The zero-order chi connectivity index (χ0) is 12.6. The van der Waals surface area contributed by atoms with Crippen molar-refractivity contribution in [1.82, 2.24) is 15.1 Å². The van der Waals surface area contributed by atoms with E-state index >= 15 is 0 Å². The zero-order valence-corrected chi connectivity index (χ0v) is 11.9. The first-order valence-corrected chi connectivity index (χ1v) is 7.53. The van der Waals surface area contributed by atoms with Crippen LogP contribution in [0.2, 0.25) is 0 Å². The summed E-state index contributed by atoms with van der Waals surface area (Å²) in [5.41, 5.74) is 0. The fourth-order valence-corrected chi connectivity index (χ4v) is 2.59. The van der Waals surface area contributed by atoms with E-state index in [-0.39, 0.29) is 0 Å². The Balaban J connectivity index is 1.43. The molecule has 4 heteroatoms. The molecule has 0 unspecified atom stereocenters. The van der Waals surface area contributed by atoms with Gasteiger partial charge in [0.1, 0.15) is 0 Å². The van der Waals surface area contributed by atoms with Crippen LogP contribution in [-0.4, -0.2) is 75.9 Å². The summed E-state index contributed by atoms with van der Waals surface area (Å²) in [5.74, 6) is 1.04. The Labute approximate surface area is 112 Å². The molecule has 1 N–H and O–H groups in total. The van der Waals surface area contributed by atoms with Gasteiger partial charge in [-0.1, -0.05) is 0 Å². The SMILES string of the molecule is COCCNCCCN1CCN(CC2CC2)CC1. The molecule has 0 aromatic rings. The van der Waals surface area contributed by atoms with E-state index in [1.807, 2.05) is 0 Å². The van der Waals surface area contributed by atoms with Crippen LogP contribution in [0.4, 0.5) is 0 Å². The maximum atomic E-state index is 5.01. The summed E-state index contributed by atoms with van der Waals surface area (Å²) in [7, 11) is 1.75. The number of hydrogen-bond donors (Lipinski definition) is 1. The van der Waals surface area contributed by atoms with Crippen molar-refractivity contribution in [2.24, 2.45) is 5.92 Å². The lowest BCUT2D eigenvalue weighted by atomic mass is 10.2. The van der Waals surface area contributed by atoms with Gasteiger partial charge in [0, 0.05) is 46.4 Å². The number of ether oxygens (including phenoxy) is 1. The Kier molecular flexibility index (Phi) is 6.41. The lowest BCUT2D eigenvalue weighted by Crippen LogP contribution is -2.47. The first-order chi connectivity index (χ1) is 8.88. The molecule has 4 nitrogen and oxygen atoms in total. The molecule has 0 amide bonds. The van der Waals surface area contributed by atoms with Gasteiger partial charge in [0.15, 0.2) is 0 Å². The van der Waals surface area contributed by atoms with Gasteiger partial charge in [-0.25, -0.2) is 0 Å². The number of rotatable bonds is 9. The van der Waals surface area contributed by atoms with Crippen LogP contribution >= 0.6 is 0 Å². The normalized spacial score (nSPS) is 22.5. The van der Waals surface area contributed by atoms with Gasteiger partial charge in [-0.2, -0.15) is 0 Å². The van der Waals surface area contributed by atoms with E-state index in [4.69, 9.17) is 4.74 Å². The topological polar surface area (TPSA) is 27.7 Å². The predicted molar refractivity (Wildman–Crippen MR) is 75.0 cm³/mol. The van der Waals surface area contributed by atoms with Gasteiger partial charge >= 0.3 is 0 Å². The summed E-state index contributed by atoms with van der Waals surface area (Å²) in [4.78, 5) is 5.27. The monoisotopic (exact) mass is 255 g/mol. The van der Waals surface area contributed by atoms with Gasteiger partial charge in [0.05, 0.1) is 6.61 Å². The lowest BCUT2D eigenvalue weighted by molar-refractivity contribution is 0.127. The zero-order valence-electron chi connectivity index (χ0n) is 11.9. The third-order valence-electron chi connectivity index (χ3n) is 3.99. The van der Waals surface area contributed by atoms with Gasteiger partial charge in [-0.15, -0.1) is 0 Å². The minimum absolute atomic E-state index is 0.819. The minimum Gasteiger partial charge on any atom is -0.383 e. The molecule has 0 aromatic heterocycles. The Morgan fingerprint density at radius 3 is 2.44 bits per heavy atom. The highest BCUT2D eigenvalue weighted by atomic mass is 16.5. The molecular formula is C14H29N3O. The molecule has 2 fully saturated rings. The molecule has 2 aliphatic rings. The third-order valence-corrected chi connectivity index (χ3v) is 3.99. The second-order valence-corrected chi connectivity index (χ2v) is 5.68. The van der Waals surface area contributed by atoms with Crippen molar-refractivity contribution >= 4 is 0 Å². The van der Waals surface area contributed by atoms with Crippen molar-refractivity contribution in [3.05, 3.63) is 0 Å². The number of piperazine rings is 1. The van der Waals surface area contributed by atoms with E-state index in [0.29, 0.717) is 0 Å². The average molecular weight is 255 g/mol. The van der Waals surface area contributed by atoms with Crippen molar-refractivity contribution < 1.29 is 4.74 Å². The van der Waals surface area contributed by atoms with Gasteiger partial charge in [-0.05, 0) is 38.3 Å². The summed E-state index contributed by atoms with van der Waals surface area (Å²) in [6.07, 6.45) is 4.22. The fraction of sp³-hybridized carbons (Fsp3) is 1.00. The van der Waals surface area contributed by atoms with E-state index in [9.17, 15) is 0 Å². The van der Waals surface area contributed by atoms with Gasteiger partial charge in [-0.3, -0.25) is 0 Å². The lowest BCUT2D eigenvalue weighted by Gasteiger charge is -2.34. The first kappa shape index (κ1) is 14.3. The molecular weight excluding hydrogens is 226 g/mol. The largest absolute Gasteiger partial charge is 0.383 e. The van der Waals surface area contributed by atoms with Gasteiger partial charge in [0.2, 0.25) is 0 Å². The molecule has 2 rings (SSSR count). The van der Waals surface area contributed by atoms with Crippen molar-refractivity contribution in [2.45, 2.75) is 19.3 Å². The average Bonchev–Trinajstić information content (AvgIpc) is 3.20. The van der Waals surface area contributed by atoms with Crippen LogP contribution in [0.25, 0.3) is 0 Å². The number of nitrogens with zero attached hydrogens (tertiary/aromatic N) is 2. The van der Waals surface area contributed by atoms with E-state index in [2.05, 4.69) is 15.1 Å². The summed E-state index contributed by atoms with van der Waals surface area (Å²) in [6.45, 7) is 10.6. The predicted octanol–water partition coefficient (Wildman–Crippen LogP) is 0.640. The van der Waals surface area contributed by atoms with E-state index in [1.54, 1.807) is 7.11 Å². The van der Waals surface area contributed by atoms with Crippen LogP contribution in [0, 0.1) is 5.92 Å². The Morgan fingerprint density at radius 1 is 1.06 bits per heavy atom. The molecule has 0 spiro atoms. The second kappa shape index (κ2) is 8.10. The number of methoxy groups -OCH3 is 1. The third kappa shape index (κ3) is 5.65. The van der Waals surface area contributed by atoms with Crippen LogP contribution in [0.5, 0.6) is 0 Å². The van der Waals surface area contributed by atoms with E-state index < -0.39 is 0 Å². The summed E-state index contributed by atoms with van der Waals surface area (Å²) in [5, 5.41) is 3.41. The molecule has 1 aliphatic heterocycles. The summed E-state index contributed by atoms with van der Waals surface area (Å²) >= 11 is 0. The van der Waals surface area contributed by atoms with E-state index in [0.717, 1.165) is 25.6 Å². The van der Waals surface area contributed by atoms with Gasteiger partial charge in [0.25, 0.3) is 0 Å². The molecule has 1 aliphatic carbocycles. The highest BCUT2D eigenvalue weighted by molar-refractivity contribution is 4.80. The smallest absolute Gasteiger partial charge is 0.0587 e. The fourth-order valence-electron chi connectivity index (χ4n) is 2.59. The summed E-state index contributed by atoms with van der Waals surface area (Å²) < 4.78 is 5.01. The number of nitrogens with one attached hydrogen (secondary N) is 1. The van der Waals surface area contributed by atoms with Crippen LogP contribution in [0.3, 0.4) is 0 Å². The van der Waals surface area contributed by atoms with Crippen molar-refractivity contribution in [3.63, 3.8) is 0 Å². The molecule has 1 saturated heterocycles. The minimum atomic E-state index is 0.819. The molecule has 1 saturated carbocycles. The molecule has 106 valence electrons. The molecule has 18 heavy (non-hydrogen) atoms. The molecule has 1 heterocycles. The van der Waals surface area contributed by atoms with Gasteiger partial charge < -0.3 is 19.9 Å². The van der Waals surface area contributed by atoms with Crippen LogP contribution in [0.15, 0.2) is 0 Å². The van der Waals surface area contributed by atoms with Crippen molar-refractivity contribution in [3.8, 4) is 0 Å². The maximum absolute atomic E-state index is 5.01. The molecule has 0 atom stereocenters. The Bertz CT molecular complexity index is 213. The standard InChI is InChI=1S/C14H29N3O/c1-18-12-6-15-5-2-7-16-8-10-17(11-9-16)13-14-3-4-14/h14-15H,2-13H2,1H3. The Hall–Kier alpha value is -0.160. The first-order valence-electron chi connectivity index (χ1n) is 7.53. The highest BCUT2D eigenvalue weighted by Gasteiger charge is 2.26. The maximum Gasteiger partial charge on any atom is 0.0587 e. The molecule has 0 radical (unpaired) electrons. The quantitative estimate of drug-likeness (QED) is 0.612. The van der Waals surface area contributed by atoms with Crippen LogP contribution < -0.4 is 5.32 Å². The molecule has 0 aromatic carbocycles. The molecule has 0 bridgehead atoms. The Morgan fingerprint density at radius 2 is 1.78 bits per heavy atom. The highest BCUT2D eigenvalue weighted by Crippen LogP contribution is 2.29. The second-order valence-electron chi connectivity index (χ2n) is 5.68. The van der Waals surface area contributed by atoms with Crippen LogP contribution in [0.1, 0.15) is 19.3 Å².